The fourth-order valence-electron chi connectivity index (χ4n) is 7.41. The second-order valence-corrected chi connectivity index (χ2v) is 13.1. The van der Waals surface area contributed by atoms with Crippen LogP contribution in [0.2, 0.25) is 0 Å². The first-order chi connectivity index (χ1) is 24.4. The molecule has 0 aromatic heterocycles. The Bertz CT molecular complexity index is 2410. The normalized spacial score (nSPS) is 13.1. The SMILES string of the molecule is C=CCc1ccc(-c2cc(-c3ccc(/C(N)=C/C=C\C)cc3)cc(C(C)(c3ccccc3N)c3cccc4ccccc34)c2)c2ccccc12. The first-order valence-electron chi connectivity index (χ1n) is 17.2. The molecule has 0 radical (unpaired) electrons. The van der Waals surface area contributed by atoms with Gasteiger partial charge in [0.05, 0.1) is 0 Å². The van der Waals surface area contributed by atoms with Gasteiger partial charge in [0.2, 0.25) is 0 Å². The third kappa shape index (κ3) is 5.90. The van der Waals surface area contributed by atoms with E-state index in [0.717, 1.165) is 51.2 Å². The van der Waals surface area contributed by atoms with Crippen LogP contribution in [0.15, 0.2) is 176 Å². The number of anilines is 1. The topological polar surface area (TPSA) is 52.0 Å². The maximum atomic E-state index is 6.89. The lowest BCUT2D eigenvalue weighted by molar-refractivity contribution is 0.702. The summed E-state index contributed by atoms with van der Waals surface area (Å²) in [6.07, 6.45) is 8.68. The van der Waals surface area contributed by atoms with E-state index in [-0.39, 0.29) is 0 Å². The van der Waals surface area contributed by atoms with Crippen molar-refractivity contribution in [1.29, 1.82) is 0 Å². The minimum Gasteiger partial charge on any atom is -0.398 e. The molecular weight excluding hydrogens is 605 g/mol. The van der Waals surface area contributed by atoms with E-state index in [1.807, 2.05) is 43.4 Å². The third-order valence-electron chi connectivity index (χ3n) is 10.0. The molecule has 244 valence electrons. The van der Waals surface area contributed by atoms with Crippen LogP contribution in [0.25, 0.3) is 49.5 Å². The van der Waals surface area contributed by atoms with E-state index < -0.39 is 5.41 Å². The molecule has 7 aromatic carbocycles. The van der Waals surface area contributed by atoms with Crippen molar-refractivity contribution in [3.8, 4) is 22.3 Å². The average molecular weight is 647 g/mol. The molecule has 0 saturated carbocycles. The van der Waals surface area contributed by atoms with Gasteiger partial charge in [0.15, 0.2) is 0 Å². The van der Waals surface area contributed by atoms with Crippen LogP contribution in [-0.4, -0.2) is 0 Å². The highest BCUT2D eigenvalue weighted by Crippen LogP contribution is 2.47. The molecule has 0 fully saturated rings. The van der Waals surface area contributed by atoms with Crippen LogP contribution in [-0.2, 0) is 11.8 Å². The molecule has 0 bridgehead atoms. The molecule has 7 rings (SSSR count). The van der Waals surface area contributed by atoms with Gasteiger partial charge >= 0.3 is 0 Å². The van der Waals surface area contributed by atoms with Crippen LogP contribution in [0.3, 0.4) is 0 Å². The number of nitrogen functional groups attached to an aromatic ring is 1. The summed E-state index contributed by atoms with van der Waals surface area (Å²) in [4.78, 5) is 0. The van der Waals surface area contributed by atoms with E-state index in [1.165, 1.54) is 38.2 Å². The molecule has 2 heteroatoms. The summed E-state index contributed by atoms with van der Waals surface area (Å²) >= 11 is 0. The predicted molar refractivity (Wildman–Crippen MR) is 216 cm³/mol. The summed E-state index contributed by atoms with van der Waals surface area (Å²) in [5.74, 6) is 0. The monoisotopic (exact) mass is 646 g/mol. The van der Waals surface area contributed by atoms with Crippen molar-refractivity contribution in [1.82, 2.24) is 0 Å². The van der Waals surface area contributed by atoms with Crippen LogP contribution < -0.4 is 11.5 Å². The average Bonchev–Trinajstić information content (AvgIpc) is 3.16. The Hall–Kier alpha value is -6.12. The standard InChI is InChI=1S/C48H42N2/c1-4-6-22-46(49)36-26-24-33(25-27-36)37-30-38(41-29-28-34(14-5-2)40-17-9-10-19-43(40)41)32-39(31-37)48(3,45-20-11-12-23-47(45)50)44-21-13-16-35-15-7-8-18-42(35)44/h4-13,15-32H,2,14,49-50H2,1,3H3/b6-4-,46-22-. The number of fused-ring (bicyclic) bond motifs is 2. The van der Waals surface area contributed by atoms with Gasteiger partial charge in [0.25, 0.3) is 0 Å². The summed E-state index contributed by atoms with van der Waals surface area (Å²) in [5, 5.41) is 4.87. The largest absolute Gasteiger partial charge is 0.398 e. The number of para-hydroxylation sites is 1. The molecule has 0 spiro atoms. The summed E-state index contributed by atoms with van der Waals surface area (Å²) in [6.45, 7) is 8.33. The minimum atomic E-state index is -0.588. The number of hydrogen-bond acceptors (Lipinski definition) is 2. The summed E-state index contributed by atoms with van der Waals surface area (Å²) in [6, 6.07) is 52.4. The maximum absolute atomic E-state index is 6.89. The van der Waals surface area contributed by atoms with Gasteiger partial charge in [-0.05, 0) is 122 Å². The fraction of sp³-hybridized carbons (Fsp3) is 0.0833. The molecule has 0 aliphatic heterocycles. The molecule has 0 aliphatic carbocycles. The molecule has 1 atom stereocenters. The van der Waals surface area contributed by atoms with E-state index in [2.05, 4.69) is 147 Å². The zero-order valence-electron chi connectivity index (χ0n) is 28.7. The van der Waals surface area contributed by atoms with Crippen molar-refractivity contribution in [3.05, 3.63) is 204 Å². The van der Waals surface area contributed by atoms with Gasteiger partial charge in [-0.25, -0.2) is 0 Å². The first-order valence-corrected chi connectivity index (χ1v) is 17.2. The highest BCUT2D eigenvalue weighted by atomic mass is 14.6. The molecule has 7 aromatic rings. The zero-order chi connectivity index (χ0) is 34.7. The Kier molecular flexibility index (Phi) is 8.94. The molecule has 2 nitrogen and oxygen atoms in total. The second-order valence-electron chi connectivity index (χ2n) is 13.1. The highest BCUT2D eigenvalue weighted by Gasteiger charge is 2.35. The Morgan fingerprint density at radius 3 is 2.08 bits per heavy atom. The molecular formula is C48H42N2. The van der Waals surface area contributed by atoms with Crippen LogP contribution in [0.5, 0.6) is 0 Å². The van der Waals surface area contributed by atoms with Crippen LogP contribution >= 0.6 is 0 Å². The van der Waals surface area contributed by atoms with Gasteiger partial charge in [-0.2, -0.15) is 0 Å². The fourth-order valence-corrected chi connectivity index (χ4v) is 7.41. The third-order valence-corrected chi connectivity index (χ3v) is 10.0. The quantitative estimate of drug-likeness (QED) is 0.0710. The minimum absolute atomic E-state index is 0.588. The molecule has 0 heterocycles. The number of hydrogen-bond donors (Lipinski definition) is 2. The Morgan fingerprint density at radius 2 is 1.32 bits per heavy atom. The van der Waals surface area contributed by atoms with Crippen molar-refractivity contribution in [2.24, 2.45) is 5.73 Å². The maximum Gasteiger partial charge on any atom is 0.0450 e. The molecule has 0 aliphatic rings. The van der Waals surface area contributed by atoms with Crippen LogP contribution in [0.1, 0.15) is 41.7 Å². The molecule has 50 heavy (non-hydrogen) atoms. The smallest absolute Gasteiger partial charge is 0.0450 e. The Balaban J connectivity index is 1.54. The van der Waals surface area contributed by atoms with Crippen LogP contribution in [0, 0.1) is 0 Å². The van der Waals surface area contributed by atoms with E-state index in [1.54, 1.807) is 0 Å². The van der Waals surface area contributed by atoms with Crippen molar-refractivity contribution >= 4 is 32.9 Å². The van der Waals surface area contributed by atoms with Gasteiger partial charge in [-0.3, -0.25) is 0 Å². The lowest BCUT2D eigenvalue weighted by Gasteiger charge is -2.35. The second kappa shape index (κ2) is 13.8. The number of allylic oxidation sites excluding steroid dienone is 4. The summed E-state index contributed by atoms with van der Waals surface area (Å²) < 4.78 is 0. The lowest BCUT2D eigenvalue weighted by Crippen LogP contribution is -2.27. The predicted octanol–water partition coefficient (Wildman–Crippen LogP) is 11.9. The highest BCUT2D eigenvalue weighted by molar-refractivity contribution is 5.99. The molecule has 0 saturated heterocycles. The van der Waals surface area contributed by atoms with Gasteiger partial charge in [-0.15, -0.1) is 6.58 Å². The van der Waals surface area contributed by atoms with Gasteiger partial charge in [-0.1, -0.05) is 140 Å². The molecule has 1 unspecified atom stereocenters. The van der Waals surface area contributed by atoms with Gasteiger partial charge in [0, 0.05) is 16.8 Å². The lowest BCUT2D eigenvalue weighted by atomic mass is 9.68. The van der Waals surface area contributed by atoms with Gasteiger partial charge < -0.3 is 11.5 Å². The summed E-state index contributed by atoms with van der Waals surface area (Å²) in [5.41, 5.74) is 24.5. The molecule has 0 amide bonds. The van der Waals surface area contributed by atoms with Gasteiger partial charge in [0.1, 0.15) is 0 Å². The first kappa shape index (κ1) is 32.4. The Morgan fingerprint density at radius 1 is 0.660 bits per heavy atom. The van der Waals surface area contributed by atoms with E-state index in [0.29, 0.717) is 0 Å². The number of benzene rings is 7. The van der Waals surface area contributed by atoms with Crippen molar-refractivity contribution in [2.45, 2.75) is 25.7 Å². The van der Waals surface area contributed by atoms with Crippen molar-refractivity contribution in [2.75, 3.05) is 5.73 Å². The number of nitrogens with two attached hydrogens (primary N) is 2. The van der Waals surface area contributed by atoms with Crippen molar-refractivity contribution in [3.63, 3.8) is 0 Å². The van der Waals surface area contributed by atoms with Crippen LogP contribution in [0.4, 0.5) is 5.69 Å². The van der Waals surface area contributed by atoms with Crippen molar-refractivity contribution < 1.29 is 0 Å². The van der Waals surface area contributed by atoms with E-state index in [9.17, 15) is 0 Å². The number of rotatable bonds is 9. The molecule has 4 N–H and O–H groups in total. The van der Waals surface area contributed by atoms with E-state index in [4.69, 9.17) is 11.5 Å². The van der Waals surface area contributed by atoms with E-state index >= 15 is 0 Å². The summed E-state index contributed by atoms with van der Waals surface area (Å²) in [7, 11) is 0. The zero-order valence-corrected chi connectivity index (χ0v) is 28.7. The Labute approximate surface area is 295 Å².